The van der Waals surface area contributed by atoms with Crippen molar-refractivity contribution >= 4 is 17.4 Å². The van der Waals surface area contributed by atoms with E-state index >= 15 is 0 Å². The molecule has 1 saturated heterocycles. The second-order valence-electron chi connectivity index (χ2n) is 3.28. The predicted molar refractivity (Wildman–Crippen MR) is 56.7 cm³/mol. The minimum absolute atomic E-state index is 0.634. The Labute approximate surface area is 88.3 Å². The number of hydrogen-bond acceptors (Lipinski definition) is 4. The van der Waals surface area contributed by atoms with Gasteiger partial charge in [0, 0.05) is 19.6 Å². The van der Waals surface area contributed by atoms with Crippen LogP contribution in [0.3, 0.4) is 0 Å². The molecule has 2 rings (SSSR count). The Morgan fingerprint density at radius 2 is 2.29 bits per heavy atom. The van der Waals surface area contributed by atoms with Gasteiger partial charge in [0.1, 0.15) is 11.3 Å². The van der Waals surface area contributed by atoms with E-state index in [1.807, 2.05) is 0 Å². The van der Waals surface area contributed by atoms with Crippen LogP contribution in [0, 0.1) is 0 Å². The highest BCUT2D eigenvalue weighted by Crippen LogP contribution is 2.21. The molecule has 14 heavy (non-hydrogen) atoms. The third-order valence-electron chi connectivity index (χ3n) is 2.29. The second kappa shape index (κ2) is 4.57. The van der Waals surface area contributed by atoms with Crippen LogP contribution in [0.25, 0.3) is 0 Å². The van der Waals surface area contributed by atoms with Crippen LogP contribution in [-0.4, -0.2) is 36.1 Å². The summed E-state index contributed by atoms with van der Waals surface area (Å²) >= 11 is 6.02. The molecule has 76 valence electrons. The zero-order valence-electron chi connectivity index (χ0n) is 7.91. The molecule has 0 radical (unpaired) electrons. The van der Waals surface area contributed by atoms with Gasteiger partial charge in [-0.2, -0.15) is 0 Å². The van der Waals surface area contributed by atoms with E-state index in [4.69, 9.17) is 11.6 Å². The molecule has 0 saturated carbocycles. The molecule has 1 aliphatic rings. The van der Waals surface area contributed by atoms with Gasteiger partial charge < -0.3 is 10.2 Å². The maximum Gasteiger partial charge on any atom is 0.150 e. The molecule has 0 atom stereocenters. The van der Waals surface area contributed by atoms with E-state index in [1.165, 1.54) is 0 Å². The second-order valence-corrected chi connectivity index (χ2v) is 3.69. The first-order valence-corrected chi connectivity index (χ1v) is 5.17. The van der Waals surface area contributed by atoms with Gasteiger partial charge in [0.15, 0.2) is 5.82 Å². The summed E-state index contributed by atoms with van der Waals surface area (Å²) in [7, 11) is 0. The Bertz CT molecular complexity index is 297. The lowest BCUT2D eigenvalue weighted by Gasteiger charge is -2.21. The van der Waals surface area contributed by atoms with Crippen molar-refractivity contribution in [3.05, 3.63) is 17.5 Å². The lowest BCUT2D eigenvalue weighted by Crippen LogP contribution is -2.28. The van der Waals surface area contributed by atoms with E-state index in [1.54, 1.807) is 12.5 Å². The monoisotopic (exact) mass is 212 g/mol. The quantitative estimate of drug-likeness (QED) is 0.752. The van der Waals surface area contributed by atoms with Gasteiger partial charge in [-0.3, -0.25) is 0 Å². The average molecular weight is 213 g/mol. The summed E-state index contributed by atoms with van der Waals surface area (Å²) < 4.78 is 0. The number of halogens is 1. The van der Waals surface area contributed by atoms with E-state index < -0.39 is 0 Å². The number of nitrogens with zero attached hydrogens (tertiary/aromatic N) is 3. The van der Waals surface area contributed by atoms with Crippen LogP contribution >= 0.6 is 11.6 Å². The van der Waals surface area contributed by atoms with Crippen molar-refractivity contribution in [3.8, 4) is 0 Å². The topological polar surface area (TPSA) is 41.1 Å². The van der Waals surface area contributed by atoms with E-state index in [-0.39, 0.29) is 0 Å². The van der Waals surface area contributed by atoms with Crippen LogP contribution in [0.15, 0.2) is 12.5 Å². The normalized spacial score (nSPS) is 17.9. The van der Waals surface area contributed by atoms with Crippen molar-refractivity contribution in [1.29, 1.82) is 0 Å². The molecule has 0 amide bonds. The van der Waals surface area contributed by atoms with E-state index in [0.29, 0.717) is 5.02 Å². The van der Waals surface area contributed by atoms with Crippen LogP contribution in [0.1, 0.15) is 6.42 Å². The summed E-state index contributed by atoms with van der Waals surface area (Å²) in [5.74, 6) is 0.852. The number of aromatic nitrogens is 2. The van der Waals surface area contributed by atoms with Gasteiger partial charge in [0.05, 0.1) is 6.20 Å². The molecule has 0 spiro atoms. The zero-order valence-corrected chi connectivity index (χ0v) is 8.67. The molecule has 2 heterocycles. The standard InChI is InChI=1S/C9H13ClN4/c10-8-6-12-7-13-9(8)14-4-1-2-11-3-5-14/h6-7,11H,1-5H2. The Hall–Kier alpha value is -0.870. The predicted octanol–water partition coefficient (Wildman–Crippen LogP) is 0.930. The first-order chi connectivity index (χ1) is 6.88. The SMILES string of the molecule is Clc1cncnc1N1CCCNCC1. The number of anilines is 1. The molecule has 0 aliphatic carbocycles. The van der Waals surface area contributed by atoms with E-state index in [9.17, 15) is 0 Å². The Morgan fingerprint density at radius 1 is 1.36 bits per heavy atom. The van der Waals surface area contributed by atoms with Crippen molar-refractivity contribution in [2.24, 2.45) is 0 Å². The molecular formula is C9H13ClN4. The smallest absolute Gasteiger partial charge is 0.150 e. The Morgan fingerprint density at radius 3 is 3.14 bits per heavy atom. The van der Waals surface area contributed by atoms with Crippen LogP contribution in [0.4, 0.5) is 5.82 Å². The van der Waals surface area contributed by atoms with Gasteiger partial charge >= 0.3 is 0 Å². The van der Waals surface area contributed by atoms with Gasteiger partial charge in [-0.05, 0) is 13.0 Å². The van der Waals surface area contributed by atoms with Crippen LogP contribution in [-0.2, 0) is 0 Å². The average Bonchev–Trinajstić information content (AvgIpc) is 2.47. The first kappa shape index (κ1) is 9.68. The van der Waals surface area contributed by atoms with Crippen LogP contribution in [0.2, 0.25) is 5.02 Å². The number of hydrogen-bond donors (Lipinski definition) is 1. The van der Waals surface area contributed by atoms with Gasteiger partial charge in [0.2, 0.25) is 0 Å². The molecule has 0 bridgehead atoms. The summed E-state index contributed by atoms with van der Waals surface area (Å²) in [6.45, 7) is 4.01. The van der Waals surface area contributed by atoms with Gasteiger partial charge in [-0.15, -0.1) is 0 Å². The molecule has 0 unspecified atom stereocenters. The highest BCUT2D eigenvalue weighted by Gasteiger charge is 2.13. The Balaban J connectivity index is 2.16. The molecular weight excluding hydrogens is 200 g/mol. The van der Waals surface area contributed by atoms with Crippen molar-refractivity contribution in [1.82, 2.24) is 15.3 Å². The molecule has 0 aromatic carbocycles. The maximum absolute atomic E-state index is 6.02. The van der Waals surface area contributed by atoms with E-state index in [2.05, 4.69) is 20.2 Å². The minimum Gasteiger partial charge on any atom is -0.354 e. The highest BCUT2D eigenvalue weighted by atomic mass is 35.5. The van der Waals surface area contributed by atoms with Crippen molar-refractivity contribution in [3.63, 3.8) is 0 Å². The first-order valence-electron chi connectivity index (χ1n) is 4.79. The fourth-order valence-electron chi connectivity index (χ4n) is 1.60. The number of rotatable bonds is 1. The molecule has 1 fully saturated rings. The summed E-state index contributed by atoms with van der Waals surface area (Å²) in [6.07, 6.45) is 4.31. The molecule has 5 heteroatoms. The third kappa shape index (κ3) is 2.13. The largest absolute Gasteiger partial charge is 0.354 e. The fraction of sp³-hybridized carbons (Fsp3) is 0.556. The van der Waals surface area contributed by atoms with Crippen LogP contribution < -0.4 is 10.2 Å². The Kier molecular flexibility index (Phi) is 3.16. The summed E-state index contributed by atoms with van der Waals surface area (Å²) in [5.41, 5.74) is 0. The van der Waals surface area contributed by atoms with Crippen LogP contribution in [0.5, 0.6) is 0 Å². The van der Waals surface area contributed by atoms with E-state index in [0.717, 1.165) is 38.4 Å². The zero-order chi connectivity index (χ0) is 9.80. The van der Waals surface area contributed by atoms with Gasteiger partial charge in [-0.25, -0.2) is 9.97 Å². The molecule has 1 aromatic rings. The van der Waals surface area contributed by atoms with Crippen molar-refractivity contribution in [2.45, 2.75) is 6.42 Å². The maximum atomic E-state index is 6.02. The highest BCUT2D eigenvalue weighted by molar-refractivity contribution is 6.32. The minimum atomic E-state index is 0.634. The van der Waals surface area contributed by atoms with Crippen molar-refractivity contribution in [2.75, 3.05) is 31.1 Å². The fourth-order valence-corrected chi connectivity index (χ4v) is 1.82. The lowest BCUT2D eigenvalue weighted by molar-refractivity contribution is 0.724. The lowest BCUT2D eigenvalue weighted by atomic mass is 10.4. The summed E-state index contributed by atoms with van der Waals surface area (Å²) in [5, 5.41) is 3.97. The molecule has 1 aliphatic heterocycles. The molecule has 1 aromatic heterocycles. The van der Waals surface area contributed by atoms with Crippen molar-refractivity contribution < 1.29 is 0 Å². The molecule has 4 nitrogen and oxygen atoms in total. The summed E-state index contributed by atoms with van der Waals surface area (Å²) in [4.78, 5) is 10.3. The summed E-state index contributed by atoms with van der Waals surface area (Å²) in [6, 6.07) is 0. The number of nitrogens with one attached hydrogen (secondary N) is 1. The van der Waals surface area contributed by atoms with Gasteiger partial charge in [0.25, 0.3) is 0 Å². The molecule has 1 N–H and O–H groups in total. The third-order valence-corrected chi connectivity index (χ3v) is 2.55. The van der Waals surface area contributed by atoms with Gasteiger partial charge in [-0.1, -0.05) is 11.6 Å².